The zero-order valence-corrected chi connectivity index (χ0v) is 8.52. The molecule has 15 heavy (non-hydrogen) atoms. The molecule has 1 N–H and O–H groups in total. The Morgan fingerprint density at radius 3 is 2.40 bits per heavy atom. The molecule has 0 aliphatic heterocycles. The molecular formula is C9H12F3N3. The first-order chi connectivity index (χ1) is 6.97. The van der Waals surface area contributed by atoms with Crippen LogP contribution in [0.2, 0.25) is 0 Å². The molecule has 0 atom stereocenters. The molecule has 0 aliphatic carbocycles. The summed E-state index contributed by atoms with van der Waals surface area (Å²) in [5.74, 6) is 0.0316. The lowest BCUT2D eigenvalue weighted by molar-refractivity contribution is -0.141. The molecular weight excluding hydrogens is 207 g/mol. The number of halogens is 3. The predicted molar refractivity (Wildman–Crippen MR) is 50.6 cm³/mol. The summed E-state index contributed by atoms with van der Waals surface area (Å²) >= 11 is 0. The van der Waals surface area contributed by atoms with Gasteiger partial charge in [0, 0.05) is 12.2 Å². The Balaban J connectivity index is 3.11. The molecule has 0 spiro atoms. The molecule has 0 bridgehead atoms. The van der Waals surface area contributed by atoms with Crippen LogP contribution in [0.1, 0.15) is 25.2 Å². The first-order valence-electron chi connectivity index (χ1n) is 4.66. The van der Waals surface area contributed by atoms with Crippen molar-refractivity contribution in [3.63, 3.8) is 0 Å². The summed E-state index contributed by atoms with van der Waals surface area (Å²) in [5, 5.41) is 2.67. The van der Waals surface area contributed by atoms with E-state index in [4.69, 9.17) is 0 Å². The van der Waals surface area contributed by atoms with Crippen molar-refractivity contribution in [3.8, 4) is 0 Å². The number of nitrogens with one attached hydrogen (secondary N) is 1. The minimum Gasteiger partial charge on any atom is -0.354 e. The number of anilines is 1. The third-order valence-electron chi connectivity index (χ3n) is 1.77. The van der Waals surface area contributed by atoms with Gasteiger partial charge >= 0.3 is 6.18 Å². The van der Waals surface area contributed by atoms with E-state index in [1.807, 2.05) is 0 Å². The van der Waals surface area contributed by atoms with Gasteiger partial charge < -0.3 is 5.32 Å². The monoisotopic (exact) mass is 219 g/mol. The maximum absolute atomic E-state index is 12.4. The van der Waals surface area contributed by atoms with Gasteiger partial charge in [-0.25, -0.2) is 9.97 Å². The van der Waals surface area contributed by atoms with E-state index in [9.17, 15) is 13.2 Å². The van der Waals surface area contributed by atoms with Crippen molar-refractivity contribution in [1.82, 2.24) is 9.97 Å². The minimum atomic E-state index is -4.42. The van der Waals surface area contributed by atoms with Gasteiger partial charge in [-0.15, -0.1) is 0 Å². The fourth-order valence-corrected chi connectivity index (χ4v) is 1.06. The van der Waals surface area contributed by atoms with E-state index in [0.29, 0.717) is 18.7 Å². The molecule has 0 aliphatic rings. The zero-order chi connectivity index (χ0) is 11.5. The number of hydrogen-bond donors (Lipinski definition) is 1. The second-order valence-corrected chi connectivity index (χ2v) is 2.95. The molecule has 1 heterocycles. The highest BCUT2D eigenvalue weighted by Crippen LogP contribution is 2.28. The van der Waals surface area contributed by atoms with Gasteiger partial charge in [-0.05, 0) is 19.4 Å². The van der Waals surface area contributed by atoms with Crippen molar-refractivity contribution >= 4 is 5.95 Å². The van der Waals surface area contributed by atoms with E-state index in [-0.39, 0.29) is 5.95 Å². The van der Waals surface area contributed by atoms with Crippen LogP contribution in [-0.4, -0.2) is 16.5 Å². The summed E-state index contributed by atoms with van der Waals surface area (Å²) in [6.07, 6.45) is -3.97. The molecule has 0 aromatic carbocycles. The molecule has 0 unspecified atom stereocenters. The fraction of sp³-hybridized carbons (Fsp3) is 0.556. The molecule has 0 saturated carbocycles. The zero-order valence-electron chi connectivity index (χ0n) is 8.52. The fourth-order valence-electron chi connectivity index (χ4n) is 1.06. The van der Waals surface area contributed by atoms with Crippen LogP contribution in [-0.2, 0) is 12.6 Å². The first kappa shape index (κ1) is 11.7. The van der Waals surface area contributed by atoms with Crippen molar-refractivity contribution in [2.75, 3.05) is 11.9 Å². The van der Waals surface area contributed by atoms with Crippen LogP contribution in [0.4, 0.5) is 19.1 Å². The molecule has 1 rings (SSSR count). The smallest absolute Gasteiger partial charge is 0.354 e. The Morgan fingerprint density at radius 1 is 1.27 bits per heavy atom. The van der Waals surface area contributed by atoms with Gasteiger partial charge in [0.25, 0.3) is 0 Å². The molecule has 0 saturated heterocycles. The van der Waals surface area contributed by atoms with Gasteiger partial charge in [-0.3, -0.25) is 0 Å². The quantitative estimate of drug-likeness (QED) is 0.848. The van der Waals surface area contributed by atoms with Crippen LogP contribution < -0.4 is 5.32 Å². The largest absolute Gasteiger partial charge is 0.433 e. The van der Waals surface area contributed by atoms with Crippen molar-refractivity contribution < 1.29 is 13.2 Å². The number of nitrogens with zero attached hydrogens (tertiary/aromatic N) is 2. The third kappa shape index (κ3) is 3.07. The van der Waals surface area contributed by atoms with Crippen LogP contribution in [0.3, 0.4) is 0 Å². The topological polar surface area (TPSA) is 37.8 Å². The lowest BCUT2D eigenvalue weighted by atomic mass is 10.2. The number of aryl methyl sites for hydroxylation is 1. The van der Waals surface area contributed by atoms with Crippen LogP contribution in [0.25, 0.3) is 0 Å². The van der Waals surface area contributed by atoms with Gasteiger partial charge in [0.1, 0.15) is 5.69 Å². The summed E-state index contributed by atoms with van der Waals surface area (Å²) in [5.41, 5.74) is -0.515. The molecule has 6 heteroatoms. The molecule has 0 fully saturated rings. The molecule has 0 amide bonds. The Bertz CT molecular complexity index is 336. The van der Waals surface area contributed by atoms with E-state index in [1.165, 1.54) is 0 Å². The Hall–Kier alpha value is -1.33. The van der Waals surface area contributed by atoms with Gasteiger partial charge in [0.2, 0.25) is 5.95 Å². The average molecular weight is 219 g/mol. The van der Waals surface area contributed by atoms with E-state index in [0.717, 1.165) is 6.07 Å². The maximum atomic E-state index is 12.4. The number of aromatic nitrogens is 2. The lowest BCUT2D eigenvalue weighted by Crippen LogP contribution is -2.13. The van der Waals surface area contributed by atoms with Crippen molar-refractivity contribution in [2.24, 2.45) is 0 Å². The second kappa shape index (κ2) is 4.46. The maximum Gasteiger partial charge on any atom is 0.433 e. The lowest BCUT2D eigenvalue weighted by Gasteiger charge is -2.09. The van der Waals surface area contributed by atoms with Gasteiger partial charge in [-0.2, -0.15) is 13.2 Å². The summed E-state index contributed by atoms with van der Waals surface area (Å²) < 4.78 is 37.2. The van der Waals surface area contributed by atoms with Crippen molar-refractivity contribution in [2.45, 2.75) is 26.4 Å². The molecule has 1 aromatic rings. The molecule has 84 valence electrons. The average Bonchev–Trinajstić information content (AvgIpc) is 2.16. The molecule has 1 aromatic heterocycles. The standard InChI is InChI=1S/C9H12F3N3/c1-3-6-5-7(9(10,11)12)15-8(14-6)13-4-2/h5H,3-4H2,1-2H3,(H,13,14,15). The van der Waals surface area contributed by atoms with Gasteiger partial charge in [-0.1, -0.05) is 6.92 Å². The highest BCUT2D eigenvalue weighted by molar-refractivity contribution is 5.29. The van der Waals surface area contributed by atoms with Crippen LogP contribution in [0.5, 0.6) is 0 Å². The first-order valence-corrected chi connectivity index (χ1v) is 4.66. The Labute approximate surface area is 85.7 Å². The summed E-state index contributed by atoms with van der Waals surface area (Å²) in [6.45, 7) is 4.01. The highest BCUT2D eigenvalue weighted by Gasteiger charge is 2.33. The second-order valence-electron chi connectivity index (χ2n) is 2.95. The van der Waals surface area contributed by atoms with E-state index < -0.39 is 11.9 Å². The predicted octanol–water partition coefficient (Wildman–Crippen LogP) is 2.49. The van der Waals surface area contributed by atoms with Gasteiger partial charge in [0.05, 0.1) is 0 Å². The van der Waals surface area contributed by atoms with Crippen molar-refractivity contribution in [1.29, 1.82) is 0 Å². The van der Waals surface area contributed by atoms with Crippen LogP contribution >= 0.6 is 0 Å². The number of rotatable bonds is 3. The molecule has 0 radical (unpaired) electrons. The summed E-state index contributed by atoms with van der Waals surface area (Å²) in [7, 11) is 0. The SMILES string of the molecule is CCNc1nc(CC)cc(C(F)(F)F)n1. The number of alkyl halides is 3. The minimum absolute atomic E-state index is 0.0316. The normalized spacial score (nSPS) is 11.5. The van der Waals surface area contributed by atoms with Crippen LogP contribution in [0.15, 0.2) is 6.07 Å². The molecule has 3 nitrogen and oxygen atoms in total. The number of hydrogen-bond acceptors (Lipinski definition) is 3. The van der Waals surface area contributed by atoms with Crippen LogP contribution in [0, 0.1) is 0 Å². The third-order valence-corrected chi connectivity index (χ3v) is 1.77. The van der Waals surface area contributed by atoms with Gasteiger partial charge in [0.15, 0.2) is 0 Å². The summed E-state index contributed by atoms with van der Waals surface area (Å²) in [6, 6.07) is 0.973. The van der Waals surface area contributed by atoms with E-state index >= 15 is 0 Å². The Morgan fingerprint density at radius 2 is 1.93 bits per heavy atom. The highest BCUT2D eigenvalue weighted by atomic mass is 19.4. The Kier molecular flexibility index (Phi) is 3.49. The summed E-state index contributed by atoms with van der Waals surface area (Å²) in [4.78, 5) is 7.33. The van der Waals surface area contributed by atoms with E-state index in [1.54, 1.807) is 13.8 Å². The van der Waals surface area contributed by atoms with E-state index in [2.05, 4.69) is 15.3 Å². The van der Waals surface area contributed by atoms with Crippen molar-refractivity contribution in [3.05, 3.63) is 17.5 Å².